The molecule has 1 fully saturated rings. The first-order valence-corrected chi connectivity index (χ1v) is 7.60. The van der Waals surface area contributed by atoms with Crippen molar-refractivity contribution < 1.29 is 9.59 Å². The van der Waals surface area contributed by atoms with Gasteiger partial charge in [0.15, 0.2) is 0 Å². The molecule has 1 saturated heterocycles. The summed E-state index contributed by atoms with van der Waals surface area (Å²) < 4.78 is 0. The molecule has 116 valence electrons. The summed E-state index contributed by atoms with van der Waals surface area (Å²) in [4.78, 5) is 31.2. The second kappa shape index (κ2) is 6.33. The van der Waals surface area contributed by atoms with Crippen molar-refractivity contribution in [3.05, 3.63) is 23.0 Å². The van der Waals surface area contributed by atoms with E-state index in [-0.39, 0.29) is 17.7 Å². The van der Waals surface area contributed by atoms with E-state index in [1.54, 1.807) is 0 Å². The predicted octanol–water partition coefficient (Wildman–Crippen LogP) is 1.50. The zero-order valence-electron chi connectivity index (χ0n) is 13.4. The number of carbonyl (C=O) groups excluding carboxylic acids is 2. The molecule has 1 N–H and O–H groups in total. The fourth-order valence-corrected chi connectivity index (χ4v) is 2.78. The third-order valence-electron chi connectivity index (χ3n) is 4.04. The van der Waals surface area contributed by atoms with Crippen LogP contribution in [-0.4, -0.2) is 52.8 Å². The smallest absolute Gasteiger partial charge is 0.227 e. The van der Waals surface area contributed by atoms with Gasteiger partial charge in [0.25, 0.3) is 0 Å². The van der Waals surface area contributed by atoms with Crippen LogP contribution in [0.1, 0.15) is 30.8 Å². The highest BCUT2D eigenvalue weighted by Crippen LogP contribution is 2.13. The Kier molecular flexibility index (Phi) is 4.70. The fourth-order valence-electron chi connectivity index (χ4n) is 2.78. The highest BCUT2D eigenvalue weighted by molar-refractivity contribution is 5.81. The van der Waals surface area contributed by atoms with Crippen molar-refractivity contribution in [1.82, 2.24) is 14.8 Å². The number of amides is 2. The quantitative estimate of drug-likeness (QED) is 0.917. The Hall–Kier alpha value is -1.78. The van der Waals surface area contributed by atoms with Crippen LogP contribution in [0.5, 0.6) is 0 Å². The maximum absolute atomic E-state index is 12.3. The number of aromatic amines is 1. The van der Waals surface area contributed by atoms with E-state index in [9.17, 15) is 9.59 Å². The van der Waals surface area contributed by atoms with E-state index < -0.39 is 0 Å². The normalized spacial score (nSPS) is 15.7. The molecule has 0 aromatic carbocycles. The molecule has 2 heterocycles. The highest BCUT2D eigenvalue weighted by Gasteiger charge is 2.25. The lowest BCUT2D eigenvalue weighted by Crippen LogP contribution is -2.51. The van der Waals surface area contributed by atoms with Crippen LogP contribution in [0, 0.1) is 19.8 Å². The minimum absolute atomic E-state index is 0.0257. The summed E-state index contributed by atoms with van der Waals surface area (Å²) in [6.07, 6.45) is 0.439. The van der Waals surface area contributed by atoms with Gasteiger partial charge in [0, 0.05) is 43.5 Å². The van der Waals surface area contributed by atoms with E-state index >= 15 is 0 Å². The largest absolute Gasteiger partial charge is 0.362 e. The van der Waals surface area contributed by atoms with Gasteiger partial charge in [0.2, 0.25) is 11.8 Å². The number of carbonyl (C=O) groups is 2. The van der Waals surface area contributed by atoms with Crippen molar-refractivity contribution in [2.24, 2.45) is 5.92 Å². The molecule has 0 spiro atoms. The van der Waals surface area contributed by atoms with Crippen molar-refractivity contribution in [1.29, 1.82) is 0 Å². The molecule has 0 saturated carbocycles. The molecule has 1 aliphatic heterocycles. The van der Waals surface area contributed by atoms with Crippen molar-refractivity contribution >= 4 is 11.8 Å². The van der Waals surface area contributed by atoms with Crippen LogP contribution < -0.4 is 0 Å². The standard InChI is InChI=1S/C16H25N3O2/c1-11(2)16(21)19-7-5-18(6-8-19)15(20)10-14-9-12(3)17-13(14)4/h9,11,17H,5-8,10H2,1-4H3. The number of piperazine rings is 1. The fraction of sp³-hybridized carbons (Fsp3) is 0.625. The van der Waals surface area contributed by atoms with Crippen LogP contribution in [0.2, 0.25) is 0 Å². The Bertz CT molecular complexity index is 526. The summed E-state index contributed by atoms with van der Waals surface area (Å²) in [5.74, 6) is 0.352. The Morgan fingerprint density at radius 3 is 2.19 bits per heavy atom. The van der Waals surface area contributed by atoms with Gasteiger partial charge in [-0.25, -0.2) is 0 Å². The van der Waals surface area contributed by atoms with Crippen LogP contribution in [0.25, 0.3) is 0 Å². The number of nitrogens with zero attached hydrogens (tertiary/aromatic N) is 2. The molecule has 21 heavy (non-hydrogen) atoms. The van der Waals surface area contributed by atoms with Gasteiger partial charge < -0.3 is 14.8 Å². The second-order valence-corrected chi connectivity index (χ2v) is 6.14. The van der Waals surface area contributed by atoms with Gasteiger partial charge in [0.05, 0.1) is 6.42 Å². The van der Waals surface area contributed by atoms with Crippen LogP contribution in [0.15, 0.2) is 6.07 Å². The third kappa shape index (κ3) is 3.65. The van der Waals surface area contributed by atoms with Gasteiger partial charge in [-0.05, 0) is 25.5 Å². The summed E-state index contributed by atoms with van der Waals surface area (Å²) in [5.41, 5.74) is 3.22. The lowest BCUT2D eigenvalue weighted by molar-refractivity contribution is -0.141. The lowest BCUT2D eigenvalue weighted by Gasteiger charge is -2.35. The van der Waals surface area contributed by atoms with E-state index in [1.807, 2.05) is 43.6 Å². The molecule has 0 unspecified atom stereocenters. The third-order valence-corrected chi connectivity index (χ3v) is 4.04. The molecular formula is C16H25N3O2. The van der Waals surface area contributed by atoms with Crippen molar-refractivity contribution in [2.75, 3.05) is 26.2 Å². The minimum atomic E-state index is 0.0257. The molecule has 0 aliphatic carbocycles. The van der Waals surface area contributed by atoms with Crippen LogP contribution >= 0.6 is 0 Å². The molecule has 5 heteroatoms. The zero-order valence-corrected chi connectivity index (χ0v) is 13.4. The molecule has 5 nitrogen and oxygen atoms in total. The van der Waals surface area contributed by atoms with Crippen molar-refractivity contribution in [3.8, 4) is 0 Å². The minimum Gasteiger partial charge on any atom is -0.362 e. The SMILES string of the molecule is Cc1cc(CC(=O)N2CCN(C(=O)C(C)C)CC2)c(C)[nH]1. The molecule has 2 rings (SSSR count). The van der Waals surface area contributed by atoms with Crippen molar-refractivity contribution in [2.45, 2.75) is 34.1 Å². The maximum atomic E-state index is 12.3. The summed E-state index contributed by atoms with van der Waals surface area (Å²) in [6.45, 7) is 10.4. The molecule has 0 atom stereocenters. The number of nitrogens with one attached hydrogen (secondary N) is 1. The first kappa shape index (κ1) is 15.6. The van der Waals surface area contributed by atoms with Crippen LogP contribution in [-0.2, 0) is 16.0 Å². The van der Waals surface area contributed by atoms with Gasteiger partial charge in [0.1, 0.15) is 0 Å². The highest BCUT2D eigenvalue weighted by atomic mass is 16.2. The first-order valence-electron chi connectivity index (χ1n) is 7.60. The zero-order chi connectivity index (χ0) is 15.6. The molecule has 2 amide bonds. The van der Waals surface area contributed by atoms with Gasteiger partial charge in [-0.2, -0.15) is 0 Å². The molecule has 1 aromatic heterocycles. The van der Waals surface area contributed by atoms with Crippen LogP contribution in [0.3, 0.4) is 0 Å². The van der Waals surface area contributed by atoms with E-state index in [0.29, 0.717) is 32.6 Å². The molecule has 1 aromatic rings. The Morgan fingerprint density at radius 2 is 1.71 bits per heavy atom. The number of aryl methyl sites for hydroxylation is 2. The predicted molar refractivity (Wildman–Crippen MR) is 82.0 cm³/mol. The number of aromatic nitrogens is 1. The maximum Gasteiger partial charge on any atom is 0.227 e. The number of hydrogen-bond donors (Lipinski definition) is 1. The lowest BCUT2D eigenvalue weighted by atomic mass is 10.1. The summed E-state index contributed by atoms with van der Waals surface area (Å²) in [7, 11) is 0. The van der Waals surface area contributed by atoms with E-state index in [2.05, 4.69) is 4.98 Å². The van der Waals surface area contributed by atoms with E-state index in [4.69, 9.17) is 0 Å². The molecule has 0 bridgehead atoms. The van der Waals surface area contributed by atoms with Crippen LogP contribution in [0.4, 0.5) is 0 Å². The van der Waals surface area contributed by atoms with E-state index in [1.165, 1.54) is 0 Å². The van der Waals surface area contributed by atoms with Gasteiger partial charge in [-0.1, -0.05) is 13.8 Å². The number of hydrogen-bond acceptors (Lipinski definition) is 2. The number of H-pyrrole nitrogens is 1. The second-order valence-electron chi connectivity index (χ2n) is 6.14. The Labute approximate surface area is 126 Å². The molecule has 0 radical (unpaired) electrons. The molecular weight excluding hydrogens is 266 g/mol. The van der Waals surface area contributed by atoms with Gasteiger partial charge in [-0.3, -0.25) is 9.59 Å². The summed E-state index contributed by atoms with van der Waals surface area (Å²) in [5, 5.41) is 0. The average molecular weight is 291 g/mol. The Balaban J connectivity index is 1.89. The monoisotopic (exact) mass is 291 g/mol. The first-order chi connectivity index (χ1) is 9.88. The topological polar surface area (TPSA) is 56.4 Å². The molecule has 1 aliphatic rings. The number of rotatable bonds is 3. The summed E-state index contributed by atoms with van der Waals surface area (Å²) in [6, 6.07) is 2.03. The van der Waals surface area contributed by atoms with Gasteiger partial charge >= 0.3 is 0 Å². The Morgan fingerprint density at radius 1 is 1.14 bits per heavy atom. The summed E-state index contributed by atoms with van der Waals surface area (Å²) >= 11 is 0. The van der Waals surface area contributed by atoms with E-state index in [0.717, 1.165) is 17.0 Å². The average Bonchev–Trinajstić information content (AvgIpc) is 2.76. The van der Waals surface area contributed by atoms with Gasteiger partial charge in [-0.15, -0.1) is 0 Å². The van der Waals surface area contributed by atoms with Crippen molar-refractivity contribution in [3.63, 3.8) is 0 Å².